The molecular weight excluding hydrogens is 412 g/mol. The average molecular weight is 437 g/mol. The van der Waals surface area contributed by atoms with Gasteiger partial charge in [-0.3, -0.25) is 19.6 Å². The number of benzene rings is 1. The van der Waals surface area contributed by atoms with Crippen molar-refractivity contribution in [2.45, 2.75) is 51.6 Å². The van der Waals surface area contributed by atoms with E-state index in [9.17, 15) is 9.59 Å². The van der Waals surface area contributed by atoms with Gasteiger partial charge in [0.05, 0.1) is 6.10 Å². The summed E-state index contributed by atoms with van der Waals surface area (Å²) in [6, 6.07) is 11.4. The molecular formula is C25H25ClN2O3. The molecule has 160 valence electrons. The predicted molar refractivity (Wildman–Crippen MR) is 120 cm³/mol. The van der Waals surface area contributed by atoms with Crippen LogP contribution in [0.5, 0.6) is 0 Å². The summed E-state index contributed by atoms with van der Waals surface area (Å²) in [5, 5.41) is 0.667. The highest BCUT2D eigenvalue weighted by Crippen LogP contribution is 2.46. The number of aliphatic imine (C=N–C) groups is 1. The van der Waals surface area contributed by atoms with Gasteiger partial charge in [0.1, 0.15) is 5.92 Å². The molecule has 1 aromatic carbocycles. The maximum absolute atomic E-state index is 13.4. The lowest BCUT2D eigenvalue weighted by Crippen LogP contribution is -2.38. The summed E-state index contributed by atoms with van der Waals surface area (Å²) in [5.41, 5.74) is 3.94. The van der Waals surface area contributed by atoms with Crippen molar-refractivity contribution < 1.29 is 14.3 Å². The zero-order valence-electron chi connectivity index (χ0n) is 17.8. The number of hydrogen-bond donors (Lipinski definition) is 0. The smallest absolute Gasteiger partial charge is 0.315 e. The van der Waals surface area contributed by atoms with E-state index in [1.54, 1.807) is 12.4 Å². The first-order chi connectivity index (χ1) is 14.8. The Hall–Kier alpha value is -2.79. The molecule has 6 heteroatoms. The number of rotatable bonds is 4. The lowest BCUT2D eigenvalue weighted by Gasteiger charge is -2.36. The van der Waals surface area contributed by atoms with Crippen molar-refractivity contribution >= 4 is 29.1 Å². The number of allylic oxidation sites excluding steroid dienone is 2. The number of pyridine rings is 1. The Morgan fingerprint density at radius 3 is 2.52 bits per heavy atom. The van der Waals surface area contributed by atoms with E-state index >= 15 is 0 Å². The fourth-order valence-electron chi connectivity index (χ4n) is 4.56. The topological polar surface area (TPSA) is 68.6 Å². The molecule has 2 aliphatic rings. The van der Waals surface area contributed by atoms with Gasteiger partial charge in [0.25, 0.3) is 0 Å². The minimum atomic E-state index is -0.638. The van der Waals surface area contributed by atoms with Crippen LogP contribution in [-0.2, 0) is 14.3 Å². The van der Waals surface area contributed by atoms with Gasteiger partial charge < -0.3 is 4.74 Å². The third-order valence-electron chi connectivity index (χ3n) is 5.88. The number of halogens is 1. The summed E-state index contributed by atoms with van der Waals surface area (Å²) >= 11 is 6.03. The molecule has 1 aliphatic carbocycles. The van der Waals surface area contributed by atoms with Gasteiger partial charge in [-0.2, -0.15) is 0 Å². The molecule has 3 atom stereocenters. The molecule has 2 aromatic rings. The Kier molecular flexibility index (Phi) is 6.05. The Labute approximate surface area is 187 Å². The fraction of sp³-hybridized carbons (Fsp3) is 0.360. The summed E-state index contributed by atoms with van der Waals surface area (Å²) in [6.45, 7) is 5.48. The highest BCUT2D eigenvalue weighted by atomic mass is 35.5. The second kappa shape index (κ2) is 8.75. The zero-order chi connectivity index (χ0) is 22.1. The van der Waals surface area contributed by atoms with E-state index in [1.165, 1.54) is 0 Å². The quantitative estimate of drug-likeness (QED) is 0.613. The van der Waals surface area contributed by atoms with Crippen LogP contribution >= 0.6 is 11.6 Å². The number of carbonyl (C=O) groups is 2. The molecule has 0 N–H and O–H groups in total. The second-order valence-corrected chi connectivity index (χ2v) is 8.86. The van der Waals surface area contributed by atoms with E-state index in [0.717, 1.165) is 16.8 Å². The molecule has 5 nitrogen and oxygen atoms in total. The summed E-state index contributed by atoms with van der Waals surface area (Å²) in [7, 11) is 0. The third kappa shape index (κ3) is 4.33. The molecule has 31 heavy (non-hydrogen) atoms. The van der Waals surface area contributed by atoms with Gasteiger partial charge in [-0.05, 0) is 62.4 Å². The van der Waals surface area contributed by atoms with Crippen LogP contribution in [0.15, 0.2) is 65.1 Å². The first-order valence-corrected chi connectivity index (χ1v) is 10.9. The van der Waals surface area contributed by atoms with Gasteiger partial charge in [-0.1, -0.05) is 29.8 Å². The van der Waals surface area contributed by atoms with Crippen LogP contribution in [-0.4, -0.2) is 28.6 Å². The fourth-order valence-corrected chi connectivity index (χ4v) is 4.69. The van der Waals surface area contributed by atoms with Gasteiger partial charge >= 0.3 is 5.97 Å². The number of ketones is 1. The Morgan fingerprint density at radius 1 is 1.13 bits per heavy atom. The van der Waals surface area contributed by atoms with E-state index in [2.05, 4.69) is 4.98 Å². The van der Waals surface area contributed by atoms with Crippen LogP contribution < -0.4 is 0 Å². The van der Waals surface area contributed by atoms with Crippen LogP contribution in [0, 0.1) is 5.92 Å². The van der Waals surface area contributed by atoms with Crippen molar-refractivity contribution in [1.29, 1.82) is 0 Å². The standard InChI is InChI=1S/C25H25ClN2O3/c1-14(2)31-25(30)22-15(3)28-20-11-18(16-6-8-19(26)9-7-16)12-21(29)24(20)23(22)17-5-4-10-27-13-17/h4-10,13-14,18,22-23H,11-12H2,1-3H3/t18-,22?,23+/m1/s1. The first kappa shape index (κ1) is 21.4. The largest absolute Gasteiger partial charge is 0.462 e. The normalized spacial score (nSPS) is 23.5. The number of nitrogens with zero attached hydrogens (tertiary/aromatic N) is 2. The van der Waals surface area contributed by atoms with Crippen LogP contribution in [0.4, 0.5) is 0 Å². The monoisotopic (exact) mass is 436 g/mol. The van der Waals surface area contributed by atoms with Crippen LogP contribution in [0.2, 0.25) is 5.02 Å². The lowest BCUT2D eigenvalue weighted by atomic mass is 9.69. The molecule has 0 amide bonds. The minimum absolute atomic E-state index is 0.0219. The summed E-state index contributed by atoms with van der Waals surface area (Å²) in [5.74, 6) is -1.38. The highest BCUT2D eigenvalue weighted by molar-refractivity contribution is 6.30. The molecule has 1 aliphatic heterocycles. The Bertz CT molecular complexity index is 1060. The molecule has 0 fully saturated rings. The molecule has 0 spiro atoms. The Morgan fingerprint density at radius 2 is 1.87 bits per heavy atom. The van der Waals surface area contributed by atoms with Crippen molar-refractivity contribution in [3.05, 3.63) is 76.2 Å². The van der Waals surface area contributed by atoms with E-state index < -0.39 is 11.8 Å². The number of hydrogen-bond acceptors (Lipinski definition) is 5. The van der Waals surface area contributed by atoms with Crippen LogP contribution in [0.3, 0.4) is 0 Å². The SMILES string of the molecule is CC1=NC2=C(C(=O)C[C@H](c3ccc(Cl)cc3)C2)[C@@H](c2cccnc2)C1C(=O)OC(C)C. The Balaban J connectivity index is 1.77. The molecule has 4 rings (SSSR count). The molecule has 0 saturated carbocycles. The molecule has 0 bridgehead atoms. The highest BCUT2D eigenvalue weighted by Gasteiger charge is 2.45. The van der Waals surface area contributed by atoms with Crippen LogP contribution in [0.1, 0.15) is 56.6 Å². The third-order valence-corrected chi connectivity index (χ3v) is 6.13. The van der Waals surface area contributed by atoms with Gasteiger partial charge in [-0.15, -0.1) is 0 Å². The molecule has 2 heterocycles. The summed E-state index contributed by atoms with van der Waals surface area (Å²) in [6.07, 6.45) is 4.17. The zero-order valence-corrected chi connectivity index (χ0v) is 18.6. The number of ether oxygens (including phenoxy) is 1. The number of Topliss-reactive ketones (excluding diaryl/α,β-unsaturated/α-hetero) is 1. The predicted octanol–water partition coefficient (Wildman–Crippen LogP) is 5.26. The second-order valence-electron chi connectivity index (χ2n) is 8.42. The number of esters is 1. The summed E-state index contributed by atoms with van der Waals surface area (Å²) in [4.78, 5) is 35.5. The van der Waals surface area contributed by atoms with Gasteiger partial charge in [0.15, 0.2) is 5.78 Å². The molecule has 0 radical (unpaired) electrons. The van der Waals surface area contributed by atoms with Crippen molar-refractivity contribution in [3.8, 4) is 0 Å². The molecule has 0 saturated heterocycles. The van der Waals surface area contributed by atoms with Gasteiger partial charge in [0.2, 0.25) is 0 Å². The van der Waals surface area contributed by atoms with Gasteiger partial charge in [0, 0.05) is 46.7 Å². The van der Waals surface area contributed by atoms with E-state index in [4.69, 9.17) is 21.3 Å². The van der Waals surface area contributed by atoms with Crippen molar-refractivity contribution in [1.82, 2.24) is 4.98 Å². The summed E-state index contributed by atoms with van der Waals surface area (Å²) < 4.78 is 5.54. The van der Waals surface area contributed by atoms with Crippen molar-refractivity contribution in [2.24, 2.45) is 10.9 Å². The minimum Gasteiger partial charge on any atom is -0.462 e. The lowest BCUT2D eigenvalue weighted by molar-refractivity contribution is -0.150. The van der Waals surface area contributed by atoms with Crippen molar-refractivity contribution in [2.75, 3.05) is 0 Å². The van der Waals surface area contributed by atoms with E-state index in [0.29, 0.717) is 29.1 Å². The number of aromatic nitrogens is 1. The van der Waals surface area contributed by atoms with E-state index in [1.807, 2.05) is 57.2 Å². The molecule has 1 aromatic heterocycles. The van der Waals surface area contributed by atoms with Gasteiger partial charge in [-0.25, -0.2) is 0 Å². The maximum Gasteiger partial charge on any atom is 0.315 e. The maximum atomic E-state index is 13.4. The van der Waals surface area contributed by atoms with Crippen molar-refractivity contribution in [3.63, 3.8) is 0 Å². The average Bonchev–Trinajstić information content (AvgIpc) is 2.73. The molecule has 1 unspecified atom stereocenters. The number of carbonyl (C=O) groups excluding carboxylic acids is 2. The van der Waals surface area contributed by atoms with E-state index in [-0.39, 0.29) is 23.8 Å². The van der Waals surface area contributed by atoms with Crippen LogP contribution in [0.25, 0.3) is 0 Å². The first-order valence-electron chi connectivity index (χ1n) is 10.5.